The number of anilines is 3. The number of nitrogens with one attached hydrogen (secondary N) is 2. The molecular weight excluding hydrogens is 489 g/mol. The van der Waals surface area contributed by atoms with Crippen molar-refractivity contribution in [2.24, 2.45) is 11.7 Å². The Balaban J connectivity index is 1.75. The van der Waals surface area contributed by atoms with Crippen molar-refractivity contribution in [1.29, 1.82) is 0 Å². The van der Waals surface area contributed by atoms with Gasteiger partial charge in [0.05, 0.1) is 28.0 Å². The first-order chi connectivity index (χ1) is 15.7. The van der Waals surface area contributed by atoms with Crippen LogP contribution in [0.15, 0.2) is 18.3 Å². The molecule has 2 heterocycles. The minimum absolute atomic E-state index is 0.0254. The van der Waals surface area contributed by atoms with Crippen LogP contribution in [0.25, 0.3) is 11.2 Å². The second kappa shape index (κ2) is 9.89. The molecule has 0 aliphatic heterocycles. The Morgan fingerprint density at radius 1 is 1.21 bits per heavy atom. The maximum Gasteiger partial charge on any atom is 0.224 e. The van der Waals surface area contributed by atoms with Gasteiger partial charge in [0.25, 0.3) is 0 Å². The third-order valence-corrected chi connectivity index (χ3v) is 6.51. The fourth-order valence-corrected chi connectivity index (χ4v) is 4.95. The predicted octanol–water partition coefficient (Wildman–Crippen LogP) is 4.54. The molecule has 0 saturated heterocycles. The molecule has 1 aromatic carbocycles. The van der Waals surface area contributed by atoms with Gasteiger partial charge in [-0.05, 0) is 44.7 Å². The third-order valence-electron chi connectivity index (χ3n) is 5.70. The number of nitrogens with zero attached hydrogens (tertiary/aromatic N) is 4. The van der Waals surface area contributed by atoms with Crippen LogP contribution in [0.3, 0.4) is 0 Å². The number of benzene rings is 1. The lowest BCUT2D eigenvalue weighted by Crippen LogP contribution is -2.28. The molecule has 0 radical (unpaired) electrons. The van der Waals surface area contributed by atoms with Crippen molar-refractivity contribution in [3.63, 3.8) is 0 Å². The van der Waals surface area contributed by atoms with Crippen LogP contribution in [-0.2, 0) is 4.79 Å². The zero-order chi connectivity index (χ0) is 23.7. The van der Waals surface area contributed by atoms with Crippen molar-refractivity contribution < 1.29 is 9.90 Å². The Morgan fingerprint density at radius 3 is 2.48 bits per heavy atom. The monoisotopic (exact) mass is 511 g/mol. The Morgan fingerprint density at radius 2 is 1.88 bits per heavy atom. The van der Waals surface area contributed by atoms with Crippen molar-refractivity contribution >= 4 is 69.5 Å². The summed E-state index contributed by atoms with van der Waals surface area (Å²) in [5.41, 5.74) is 7.19. The summed E-state index contributed by atoms with van der Waals surface area (Å²) in [4.78, 5) is 25.3. The molecule has 1 unspecified atom stereocenters. The number of halogens is 3. The molecule has 9 nitrogen and oxygen atoms in total. The SMILES string of the molecule is CC(O)CNc1ncc2nc(Nc3c(Cl)cc(Cl)cc3Cl)n(C3CCC(C(N)=O)CC3)c2n1. The number of hydrogen-bond acceptors (Lipinski definition) is 7. The first kappa shape index (κ1) is 23.8. The Labute approximate surface area is 205 Å². The van der Waals surface area contributed by atoms with Crippen molar-refractivity contribution in [3.05, 3.63) is 33.4 Å². The van der Waals surface area contributed by atoms with Crippen LogP contribution in [0.4, 0.5) is 17.6 Å². The van der Waals surface area contributed by atoms with Gasteiger partial charge in [-0.1, -0.05) is 34.8 Å². The highest BCUT2D eigenvalue weighted by atomic mass is 35.5. The average molecular weight is 513 g/mol. The fourth-order valence-electron chi connectivity index (χ4n) is 4.04. The van der Waals surface area contributed by atoms with Crippen LogP contribution in [0.1, 0.15) is 38.6 Å². The summed E-state index contributed by atoms with van der Waals surface area (Å²) in [6, 6.07) is 3.22. The van der Waals surface area contributed by atoms with Crippen LogP contribution in [-0.4, -0.2) is 43.2 Å². The third kappa shape index (κ3) is 5.27. The second-order valence-corrected chi connectivity index (χ2v) is 9.47. The summed E-state index contributed by atoms with van der Waals surface area (Å²) < 4.78 is 1.99. The predicted molar refractivity (Wildman–Crippen MR) is 130 cm³/mol. The zero-order valence-corrected chi connectivity index (χ0v) is 20.1. The van der Waals surface area contributed by atoms with Gasteiger partial charge in [-0.3, -0.25) is 9.36 Å². The number of hydrogen-bond donors (Lipinski definition) is 4. The van der Waals surface area contributed by atoms with Gasteiger partial charge >= 0.3 is 0 Å². The van der Waals surface area contributed by atoms with Gasteiger partial charge in [0.2, 0.25) is 17.8 Å². The van der Waals surface area contributed by atoms with E-state index in [9.17, 15) is 9.90 Å². The number of rotatable bonds is 7. The summed E-state index contributed by atoms with van der Waals surface area (Å²) in [5, 5.41) is 17.0. The van der Waals surface area contributed by atoms with Gasteiger partial charge in [-0.15, -0.1) is 0 Å². The second-order valence-electron chi connectivity index (χ2n) is 8.22. The van der Waals surface area contributed by atoms with E-state index in [1.54, 1.807) is 25.3 Å². The highest BCUT2D eigenvalue weighted by Gasteiger charge is 2.29. The number of aliphatic hydroxyl groups excluding tert-OH is 1. The quantitative estimate of drug-likeness (QED) is 0.365. The molecule has 12 heteroatoms. The number of fused-ring (bicyclic) bond motifs is 1. The van der Waals surface area contributed by atoms with Crippen LogP contribution >= 0.6 is 34.8 Å². The summed E-state index contributed by atoms with van der Waals surface area (Å²) in [7, 11) is 0. The van der Waals surface area contributed by atoms with Gasteiger partial charge in [-0.2, -0.15) is 4.98 Å². The van der Waals surface area contributed by atoms with Gasteiger partial charge in [0.1, 0.15) is 5.52 Å². The summed E-state index contributed by atoms with van der Waals surface area (Å²) in [6.45, 7) is 1.99. The molecule has 0 bridgehead atoms. The Bertz CT molecular complexity index is 1150. The number of imidazole rings is 1. The molecule has 176 valence electrons. The van der Waals surface area contributed by atoms with E-state index >= 15 is 0 Å². The fraction of sp³-hybridized carbons (Fsp3) is 0.429. The van der Waals surface area contributed by atoms with Crippen molar-refractivity contribution in [2.45, 2.75) is 44.8 Å². The highest BCUT2D eigenvalue weighted by Crippen LogP contribution is 2.40. The van der Waals surface area contributed by atoms with Gasteiger partial charge < -0.3 is 21.5 Å². The first-order valence-corrected chi connectivity index (χ1v) is 11.7. The summed E-state index contributed by atoms with van der Waals surface area (Å²) in [5.74, 6) is 0.476. The van der Waals surface area contributed by atoms with Crippen LogP contribution in [0, 0.1) is 5.92 Å². The molecule has 4 rings (SSSR count). The van der Waals surface area contributed by atoms with E-state index in [0.29, 0.717) is 63.2 Å². The summed E-state index contributed by atoms with van der Waals surface area (Å²) >= 11 is 18.8. The highest BCUT2D eigenvalue weighted by molar-refractivity contribution is 6.41. The van der Waals surface area contributed by atoms with E-state index in [4.69, 9.17) is 40.5 Å². The smallest absolute Gasteiger partial charge is 0.224 e. The Kier molecular flexibility index (Phi) is 7.13. The van der Waals surface area contributed by atoms with E-state index in [0.717, 1.165) is 12.8 Å². The molecule has 1 fully saturated rings. The maximum absolute atomic E-state index is 11.6. The molecule has 5 N–H and O–H groups in total. The Hall–Kier alpha value is -2.33. The molecular formula is C21H24Cl3N7O2. The number of aromatic nitrogens is 4. The molecule has 1 aliphatic rings. The number of carbonyl (C=O) groups excluding carboxylic acids is 1. The molecule has 1 saturated carbocycles. The number of primary amides is 1. The maximum atomic E-state index is 11.6. The minimum Gasteiger partial charge on any atom is -0.392 e. The van der Waals surface area contributed by atoms with E-state index in [1.165, 1.54) is 0 Å². The molecule has 1 atom stereocenters. The molecule has 1 aliphatic carbocycles. The van der Waals surface area contributed by atoms with E-state index in [-0.39, 0.29) is 17.9 Å². The number of carbonyl (C=O) groups is 1. The summed E-state index contributed by atoms with van der Waals surface area (Å²) in [6.07, 6.45) is 3.89. The molecule has 1 amide bonds. The number of nitrogens with two attached hydrogens (primary N) is 1. The lowest BCUT2D eigenvalue weighted by Gasteiger charge is -2.29. The normalized spacial score (nSPS) is 19.4. The molecule has 33 heavy (non-hydrogen) atoms. The number of aliphatic hydroxyl groups is 1. The van der Waals surface area contributed by atoms with E-state index in [1.807, 2.05) is 4.57 Å². The van der Waals surface area contributed by atoms with Gasteiger partial charge in [0.15, 0.2) is 5.65 Å². The largest absolute Gasteiger partial charge is 0.392 e. The average Bonchev–Trinajstić information content (AvgIpc) is 3.12. The van der Waals surface area contributed by atoms with Crippen LogP contribution in [0.2, 0.25) is 15.1 Å². The van der Waals surface area contributed by atoms with Gasteiger partial charge in [-0.25, -0.2) is 9.97 Å². The van der Waals surface area contributed by atoms with E-state index < -0.39 is 6.10 Å². The van der Waals surface area contributed by atoms with Crippen molar-refractivity contribution in [1.82, 2.24) is 19.5 Å². The number of amides is 1. The lowest BCUT2D eigenvalue weighted by atomic mass is 9.85. The lowest BCUT2D eigenvalue weighted by molar-refractivity contribution is -0.122. The zero-order valence-electron chi connectivity index (χ0n) is 17.9. The van der Waals surface area contributed by atoms with Gasteiger partial charge in [0, 0.05) is 23.5 Å². The molecule has 3 aromatic rings. The van der Waals surface area contributed by atoms with Crippen molar-refractivity contribution in [3.8, 4) is 0 Å². The van der Waals surface area contributed by atoms with E-state index in [2.05, 4.69) is 25.6 Å². The van der Waals surface area contributed by atoms with Crippen molar-refractivity contribution in [2.75, 3.05) is 17.2 Å². The molecule has 2 aromatic heterocycles. The minimum atomic E-state index is -0.551. The molecule has 0 spiro atoms. The van der Waals surface area contributed by atoms with Crippen LogP contribution in [0.5, 0.6) is 0 Å². The topological polar surface area (TPSA) is 131 Å². The van der Waals surface area contributed by atoms with Crippen LogP contribution < -0.4 is 16.4 Å². The standard InChI is InChI=1S/C21H24Cl3N7O2/c1-10(32)8-26-20-27-9-16-19(30-20)31(13-4-2-11(3-5-13)18(25)33)21(28-16)29-17-14(23)6-12(22)7-15(17)24/h6-7,9-11,13,32H,2-5,8H2,1H3,(H2,25,33)(H,28,29)(H,26,27,30). The first-order valence-electron chi connectivity index (χ1n) is 10.6.